The highest BCUT2D eigenvalue weighted by molar-refractivity contribution is 6.05. The van der Waals surface area contributed by atoms with Gasteiger partial charge in [0.1, 0.15) is 5.41 Å². The van der Waals surface area contributed by atoms with Gasteiger partial charge >= 0.3 is 5.97 Å². The Morgan fingerprint density at radius 1 is 1.21 bits per heavy atom. The van der Waals surface area contributed by atoms with E-state index in [1.165, 1.54) is 6.42 Å². The van der Waals surface area contributed by atoms with Gasteiger partial charge in [0.25, 0.3) is 0 Å². The molecule has 0 atom stereocenters. The molecule has 2 aliphatic rings. The van der Waals surface area contributed by atoms with Crippen molar-refractivity contribution in [1.29, 1.82) is 0 Å². The summed E-state index contributed by atoms with van der Waals surface area (Å²) in [6.07, 6.45) is 6.40. The van der Waals surface area contributed by atoms with Crippen molar-refractivity contribution < 1.29 is 14.3 Å². The van der Waals surface area contributed by atoms with E-state index in [0.717, 1.165) is 25.7 Å². The van der Waals surface area contributed by atoms with Gasteiger partial charge in [0.05, 0.1) is 0 Å². The molecule has 106 valence electrons. The predicted molar refractivity (Wildman–Crippen MR) is 72.0 cm³/mol. The molecule has 4 heteroatoms. The number of esters is 1. The smallest absolute Gasteiger partial charge is 0.328 e. The molecule has 1 aliphatic heterocycles. The van der Waals surface area contributed by atoms with Crippen LogP contribution in [0.3, 0.4) is 0 Å². The van der Waals surface area contributed by atoms with Gasteiger partial charge in [-0.05, 0) is 32.3 Å². The average Bonchev–Trinajstić information content (AvgIpc) is 2.41. The Bertz CT molecular complexity index is 392. The molecule has 0 unspecified atom stereocenters. The van der Waals surface area contributed by atoms with Crippen LogP contribution in [0.5, 0.6) is 0 Å². The van der Waals surface area contributed by atoms with E-state index in [4.69, 9.17) is 4.74 Å². The topological polar surface area (TPSA) is 46.6 Å². The first-order valence-electron chi connectivity index (χ1n) is 7.31. The molecule has 0 bridgehead atoms. The molecule has 0 spiro atoms. The molecule has 1 saturated carbocycles. The van der Waals surface area contributed by atoms with Crippen LogP contribution in [-0.4, -0.2) is 22.8 Å². The van der Waals surface area contributed by atoms with Crippen LogP contribution < -0.4 is 0 Å². The largest absolute Gasteiger partial charge is 0.409 e. The third kappa shape index (κ3) is 2.17. The summed E-state index contributed by atoms with van der Waals surface area (Å²) >= 11 is 0. The van der Waals surface area contributed by atoms with Gasteiger partial charge in [0.15, 0.2) is 5.88 Å². The summed E-state index contributed by atoms with van der Waals surface area (Å²) in [5, 5.41) is 0. The number of hydrogen-bond donors (Lipinski definition) is 0. The number of nitrogens with zero attached hydrogens (tertiary/aromatic N) is 1. The maximum absolute atomic E-state index is 12.8. The van der Waals surface area contributed by atoms with E-state index >= 15 is 0 Å². The van der Waals surface area contributed by atoms with Crippen LogP contribution in [0.2, 0.25) is 0 Å². The molecule has 0 radical (unpaired) electrons. The zero-order chi connectivity index (χ0) is 14.0. The Labute approximate surface area is 114 Å². The molecule has 1 aliphatic carbocycles. The van der Waals surface area contributed by atoms with E-state index in [2.05, 4.69) is 6.58 Å². The Kier molecular flexibility index (Phi) is 3.97. The molecule has 0 aromatic carbocycles. The highest BCUT2D eigenvalue weighted by atomic mass is 16.6. The Morgan fingerprint density at radius 2 is 1.79 bits per heavy atom. The van der Waals surface area contributed by atoms with Gasteiger partial charge in [-0.1, -0.05) is 33.1 Å². The molecule has 1 saturated heterocycles. The molecule has 4 nitrogen and oxygen atoms in total. The number of hydrogen-bond acceptors (Lipinski definition) is 3. The fourth-order valence-corrected chi connectivity index (χ4v) is 3.23. The molecule has 1 heterocycles. The Morgan fingerprint density at radius 3 is 2.32 bits per heavy atom. The van der Waals surface area contributed by atoms with Gasteiger partial charge in [-0.15, -0.1) is 0 Å². The van der Waals surface area contributed by atoms with Crippen molar-refractivity contribution >= 4 is 11.9 Å². The molecule has 19 heavy (non-hydrogen) atoms. The first-order chi connectivity index (χ1) is 9.06. The molecule has 1 amide bonds. The van der Waals surface area contributed by atoms with E-state index in [1.54, 1.807) is 4.90 Å². The first-order valence-corrected chi connectivity index (χ1v) is 7.31. The Hall–Kier alpha value is -1.32. The number of rotatable bonds is 3. The van der Waals surface area contributed by atoms with Crippen LogP contribution >= 0.6 is 0 Å². The standard InChI is InChI=1S/C15H23NO3/c1-4-15(5-2)13(17)16(11(3)19-14(15)18)12-9-7-6-8-10-12/h12H,3-10H2,1-2H3. The van der Waals surface area contributed by atoms with Crippen molar-refractivity contribution in [2.45, 2.75) is 64.8 Å². The summed E-state index contributed by atoms with van der Waals surface area (Å²) in [7, 11) is 0. The highest BCUT2D eigenvalue weighted by Crippen LogP contribution is 2.39. The lowest BCUT2D eigenvalue weighted by Gasteiger charge is -2.44. The number of ether oxygens (including phenoxy) is 1. The van der Waals surface area contributed by atoms with Gasteiger partial charge in [0, 0.05) is 6.04 Å². The van der Waals surface area contributed by atoms with Crippen LogP contribution in [0, 0.1) is 5.41 Å². The van der Waals surface area contributed by atoms with Gasteiger partial charge in [-0.25, -0.2) is 0 Å². The third-order valence-electron chi connectivity index (χ3n) is 4.65. The van der Waals surface area contributed by atoms with E-state index < -0.39 is 11.4 Å². The molecular weight excluding hydrogens is 242 g/mol. The fourth-order valence-electron chi connectivity index (χ4n) is 3.23. The highest BCUT2D eigenvalue weighted by Gasteiger charge is 2.53. The fraction of sp³-hybridized carbons (Fsp3) is 0.733. The summed E-state index contributed by atoms with van der Waals surface area (Å²) in [6.45, 7) is 7.51. The van der Waals surface area contributed by atoms with Crippen LogP contribution in [-0.2, 0) is 14.3 Å². The Balaban J connectivity index is 2.29. The maximum atomic E-state index is 12.8. The quantitative estimate of drug-likeness (QED) is 0.582. The molecular formula is C15H23NO3. The first kappa shape index (κ1) is 14.1. The second-order valence-electron chi connectivity index (χ2n) is 5.54. The SMILES string of the molecule is C=C1OC(=O)C(CC)(CC)C(=O)N1C1CCCCC1. The number of cyclic esters (lactones) is 1. The van der Waals surface area contributed by atoms with Crippen molar-refractivity contribution in [3.8, 4) is 0 Å². The molecule has 0 aromatic rings. The van der Waals surface area contributed by atoms with Gasteiger partial charge in [0.2, 0.25) is 5.91 Å². The van der Waals surface area contributed by atoms with Crippen molar-refractivity contribution in [2.24, 2.45) is 5.41 Å². The maximum Gasteiger partial charge on any atom is 0.328 e. The summed E-state index contributed by atoms with van der Waals surface area (Å²) in [5.41, 5.74) is -1.00. The summed E-state index contributed by atoms with van der Waals surface area (Å²) in [4.78, 5) is 26.6. The van der Waals surface area contributed by atoms with Crippen LogP contribution in [0.25, 0.3) is 0 Å². The van der Waals surface area contributed by atoms with Crippen molar-refractivity contribution in [3.05, 3.63) is 12.5 Å². The lowest BCUT2D eigenvalue weighted by atomic mass is 9.79. The van der Waals surface area contributed by atoms with Gasteiger partial charge < -0.3 is 4.74 Å². The molecule has 0 N–H and O–H groups in total. The minimum atomic E-state index is -1.00. The van der Waals surface area contributed by atoms with Crippen LogP contribution in [0.4, 0.5) is 0 Å². The second kappa shape index (κ2) is 5.35. The second-order valence-corrected chi connectivity index (χ2v) is 5.54. The monoisotopic (exact) mass is 265 g/mol. The minimum absolute atomic E-state index is 0.106. The van der Waals surface area contributed by atoms with Gasteiger partial charge in [-0.3, -0.25) is 14.5 Å². The van der Waals surface area contributed by atoms with E-state index in [9.17, 15) is 9.59 Å². The summed E-state index contributed by atoms with van der Waals surface area (Å²) in [6, 6.07) is 0.152. The lowest BCUT2D eigenvalue weighted by Crippen LogP contribution is -2.56. The van der Waals surface area contributed by atoms with Crippen LogP contribution in [0.15, 0.2) is 12.5 Å². The van der Waals surface area contributed by atoms with Crippen LogP contribution in [0.1, 0.15) is 58.8 Å². The van der Waals surface area contributed by atoms with E-state index in [0.29, 0.717) is 12.8 Å². The molecule has 2 fully saturated rings. The number of carbonyl (C=O) groups is 2. The number of amides is 1. The summed E-state index contributed by atoms with van der Waals surface area (Å²) in [5.74, 6) is -0.315. The van der Waals surface area contributed by atoms with Crippen molar-refractivity contribution in [3.63, 3.8) is 0 Å². The zero-order valence-electron chi connectivity index (χ0n) is 11.9. The van der Waals surface area contributed by atoms with Crippen molar-refractivity contribution in [1.82, 2.24) is 4.90 Å². The van der Waals surface area contributed by atoms with Crippen molar-refractivity contribution in [2.75, 3.05) is 0 Å². The third-order valence-corrected chi connectivity index (χ3v) is 4.65. The molecule has 0 aromatic heterocycles. The normalized spacial score (nSPS) is 24.5. The molecule has 2 rings (SSSR count). The van der Waals surface area contributed by atoms with Gasteiger partial charge in [-0.2, -0.15) is 0 Å². The van der Waals surface area contributed by atoms with E-state index in [-0.39, 0.29) is 17.8 Å². The minimum Gasteiger partial charge on any atom is -0.409 e. The predicted octanol–water partition coefficient (Wildman–Crippen LogP) is 2.98. The van der Waals surface area contributed by atoms with E-state index in [1.807, 2.05) is 13.8 Å². The number of carbonyl (C=O) groups excluding carboxylic acids is 2. The lowest BCUT2D eigenvalue weighted by molar-refractivity contribution is -0.177. The average molecular weight is 265 g/mol. The summed E-state index contributed by atoms with van der Waals surface area (Å²) < 4.78 is 5.29. The zero-order valence-corrected chi connectivity index (χ0v) is 11.9.